The SMILES string of the molecule is CCc1ccc2c(c1)c1cc(CC)ccc1n2-c1cccc(-c2cccc(P(=O)(O)O)c2)c1. The Morgan fingerprint density at radius 3 is 1.79 bits per heavy atom. The van der Waals surface area contributed by atoms with E-state index < -0.39 is 7.60 Å². The van der Waals surface area contributed by atoms with Gasteiger partial charge >= 0.3 is 7.60 Å². The first-order chi connectivity index (χ1) is 15.9. The third kappa shape index (κ3) is 3.91. The number of aryl methyl sites for hydroxylation is 2. The molecular weight excluding hydrogens is 429 g/mol. The van der Waals surface area contributed by atoms with Crippen LogP contribution in [0.4, 0.5) is 0 Å². The van der Waals surface area contributed by atoms with Gasteiger partial charge in [0.25, 0.3) is 0 Å². The molecule has 0 aliphatic heterocycles. The lowest BCUT2D eigenvalue weighted by Crippen LogP contribution is -2.03. The van der Waals surface area contributed by atoms with Crippen LogP contribution in [-0.4, -0.2) is 14.4 Å². The summed E-state index contributed by atoms with van der Waals surface area (Å²) in [6.07, 6.45) is 1.98. The molecule has 0 unspecified atom stereocenters. The second-order valence-electron chi connectivity index (χ2n) is 8.39. The molecule has 1 heterocycles. The van der Waals surface area contributed by atoms with Crippen LogP contribution in [0.15, 0.2) is 84.9 Å². The quantitative estimate of drug-likeness (QED) is 0.302. The Bertz CT molecular complexity index is 1480. The Morgan fingerprint density at radius 1 is 0.697 bits per heavy atom. The predicted molar refractivity (Wildman–Crippen MR) is 137 cm³/mol. The van der Waals surface area contributed by atoms with E-state index in [-0.39, 0.29) is 5.30 Å². The van der Waals surface area contributed by atoms with Gasteiger partial charge in [-0.25, -0.2) is 0 Å². The van der Waals surface area contributed by atoms with Gasteiger partial charge in [0.15, 0.2) is 0 Å². The highest BCUT2D eigenvalue weighted by molar-refractivity contribution is 7.60. The summed E-state index contributed by atoms with van der Waals surface area (Å²) in [5, 5.41) is 2.52. The number of hydrogen-bond donors (Lipinski definition) is 2. The molecule has 0 spiro atoms. The van der Waals surface area contributed by atoms with Crippen molar-refractivity contribution < 1.29 is 14.4 Å². The van der Waals surface area contributed by atoms with Crippen molar-refractivity contribution in [2.45, 2.75) is 26.7 Å². The molecule has 166 valence electrons. The van der Waals surface area contributed by atoms with Crippen LogP contribution in [0.3, 0.4) is 0 Å². The minimum Gasteiger partial charge on any atom is -0.321 e. The van der Waals surface area contributed by atoms with E-state index in [1.54, 1.807) is 12.1 Å². The van der Waals surface area contributed by atoms with Crippen molar-refractivity contribution >= 4 is 34.7 Å². The molecule has 4 aromatic carbocycles. The van der Waals surface area contributed by atoms with Gasteiger partial charge in [0.1, 0.15) is 0 Å². The highest BCUT2D eigenvalue weighted by atomic mass is 31.2. The first kappa shape index (κ1) is 21.7. The molecule has 0 atom stereocenters. The molecule has 0 bridgehead atoms. The summed E-state index contributed by atoms with van der Waals surface area (Å²) in [7, 11) is -4.31. The molecule has 0 fully saturated rings. The number of hydrogen-bond acceptors (Lipinski definition) is 1. The molecular formula is C28H26NO3P. The van der Waals surface area contributed by atoms with Crippen LogP contribution in [0, 0.1) is 0 Å². The van der Waals surface area contributed by atoms with Gasteiger partial charge in [0.05, 0.1) is 16.3 Å². The Kier molecular flexibility index (Phi) is 5.46. The number of benzene rings is 4. The molecule has 1 aromatic heterocycles. The van der Waals surface area contributed by atoms with E-state index in [2.05, 4.69) is 66.9 Å². The Balaban J connectivity index is 1.74. The van der Waals surface area contributed by atoms with E-state index in [4.69, 9.17) is 0 Å². The minimum absolute atomic E-state index is 0.0291. The van der Waals surface area contributed by atoms with Crippen LogP contribution in [0.1, 0.15) is 25.0 Å². The van der Waals surface area contributed by atoms with Gasteiger partial charge in [-0.2, -0.15) is 0 Å². The summed E-state index contributed by atoms with van der Waals surface area (Å²) < 4.78 is 14.0. The molecule has 0 aliphatic rings. The van der Waals surface area contributed by atoms with E-state index in [9.17, 15) is 14.4 Å². The third-order valence-electron chi connectivity index (χ3n) is 6.33. The lowest BCUT2D eigenvalue weighted by Gasteiger charge is -2.12. The van der Waals surface area contributed by atoms with Gasteiger partial charge in [0.2, 0.25) is 0 Å². The maximum Gasteiger partial charge on any atom is 0.356 e. The first-order valence-corrected chi connectivity index (χ1v) is 12.8. The van der Waals surface area contributed by atoms with E-state index in [1.165, 1.54) is 28.0 Å². The van der Waals surface area contributed by atoms with Gasteiger partial charge in [-0.1, -0.05) is 50.2 Å². The molecule has 0 aliphatic carbocycles. The molecule has 0 saturated heterocycles. The van der Waals surface area contributed by atoms with Crippen LogP contribution < -0.4 is 5.30 Å². The molecule has 5 aromatic rings. The van der Waals surface area contributed by atoms with Crippen molar-refractivity contribution in [1.29, 1.82) is 0 Å². The average molecular weight is 455 g/mol. The Labute approximate surface area is 193 Å². The zero-order valence-electron chi connectivity index (χ0n) is 18.7. The third-order valence-corrected chi connectivity index (χ3v) is 7.28. The molecule has 2 N–H and O–H groups in total. The van der Waals surface area contributed by atoms with Crippen molar-refractivity contribution in [1.82, 2.24) is 4.57 Å². The number of nitrogens with zero attached hydrogens (tertiary/aromatic N) is 1. The summed E-state index contributed by atoms with van der Waals surface area (Å²) in [5.74, 6) is 0. The van der Waals surface area contributed by atoms with Crippen molar-refractivity contribution in [3.05, 3.63) is 96.1 Å². The lowest BCUT2D eigenvalue weighted by molar-refractivity contribution is 0.387. The lowest BCUT2D eigenvalue weighted by atomic mass is 10.1. The topological polar surface area (TPSA) is 62.5 Å². The molecule has 0 amide bonds. The predicted octanol–water partition coefficient (Wildman–Crippen LogP) is 6.38. The van der Waals surface area contributed by atoms with Crippen LogP contribution in [0.5, 0.6) is 0 Å². The second-order valence-corrected chi connectivity index (χ2v) is 9.99. The van der Waals surface area contributed by atoms with E-state index in [0.29, 0.717) is 0 Å². The highest BCUT2D eigenvalue weighted by Gasteiger charge is 2.18. The van der Waals surface area contributed by atoms with E-state index in [1.807, 2.05) is 18.2 Å². The molecule has 4 nitrogen and oxygen atoms in total. The fraction of sp³-hybridized carbons (Fsp3) is 0.143. The van der Waals surface area contributed by atoms with Crippen molar-refractivity contribution in [2.75, 3.05) is 0 Å². The summed E-state index contributed by atoms with van der Waals surface area (Å²) in [6, 6.07) is 28.1. The number of fused-ring (bicyclic) bond motifs is 3. The average Bonchev–Trinajstić information content (AvgIpc) is 3.16. The maximum atomic E-state index is 11.8. The van der Waals surface area contributed by atoms with Gasteiger partial charge in [-0.3, -0.25) is 4.57 Å². The summed E-state index contributed by atoms with van der Waals surface area (Å²) in [6.45, 7) is 4.35. The van der Waals surface area contributed by atoms with Crippen LogP contribution in [0.2, 0.25) is 0 Å². The smallest absolute Gasteiger partial charge is 0.321 e. The molecule has 5 rings (SSSR count). The number of rotatable bonds is 5. The summed E-state index contributed by atoms with van der Waals surface area (Å²) >= 11 is 0. The van der Waals surface area contributed by atoms with Crippen molar-refractivity contribution in [3.63, 3.8) is 0 Å². The summed E-state index contributed by atoms with van der Waals surface area (Å²) in [5.41, 5.74) is 7.63. The standard InChI is InChI=1S/C28H26NO3P/c1-3-19-11-13-27-25(15-19)26-16-20(4-2)12-14-28(26)29(27)23-9-5-7-21(17-23)22-8-6-10-24(18-22)33(30,31)32/h5-18H,3-4H2,1-2H3,(H2,30,31,32). The molecule has 0 saturated carbocycles. The van der Waals surface area contributed by atoms with Crippen molar-refractivity contribution in [2.24, 2.45) is 0 Å². The molecule has 33 heavy (non-hydrogen) atoms. The molecule has 5 heteroatoms. The largest absolute Gasteiger partial charge is 0.356 e. The van der Waals surface area contributed by atoms with Crippen LogP contribution >= 0.6 is 7.60 Å². The second kappa shape index (κ2) is 8.31. The zero-order chi connectivity index (χ0) is 23.2. The summed E-state index contributed by atoms with van der Waals surface area (Å²) in [4.78, 5) is 19.2. The zero-order valence-corrected chi connectivity index (χ0v) is 19.6. The van der Waals surface area contributed by atoms with Gasteiger partial charge in [0, 0.05) is 16.5 Å². The highest BCUT2D eigenvalue weighted by Crippen LogP contribution is 2.36. The first-order valence-electron chi connectivity index (χ1n) is 11.2. The van der Waals surface area contributed by atoms with Crippen LogP contribution in [0.25, 0.3) is 38.6 Å². The minimum atomic E-state index is -4.31. The van der Waals surface area contributed by atoms with E-state index in [0.717, 1.165) is 40.7 Å². The van der Waals surface area contributed by atoms with Crippen molar-refractivity contribution in [3.8, 4) is 16.8 Å². The number of aromatic nitrogens is 1. The normalized spacial score (nSPS) is 12.0. The van der Waals surface area contributed by atoms with Gasteiger partial charge in [-0.05, 0) is 83.6 Å². The van der Waals surface area contributed by atoms with Gasteiger partial charge < -0.3 is 14.4 Å². The Morgan fingerprint density at radius 2 is 1.24 bits per heavy atom. The van der Waals surface area contributed by atoms with Gasteiger partial charge in [-0.15, -0.1) is 0 Å². The Hall–Kier alpha value is -3.17. The molecule has 0 radical (unpaired) electrons. The van der Waals surface area contributed by atoms with E-state index >= 15 is 0 Å². The fourth-order valence-electron chi connectivity index (χ4n) is 4.53. The maximum absolute atomic E-state index is 11.8. The van der Waals surface area contributed by atoms with Crippen LogP contribution in [-0.2, 0) is 17.4 Å². The fourth-order valence-corrected chi connectivity index (χ4v) is 5.11. The monoisotopic (exact) mass is 455 g/mol.